The fourth-order valence-corrected chi connectivity index (χ4v) is 2.68. The number of rotatable bonds is 7. The lowest BCUT2D eigenvalue weighted by atomic mass is 10.1. The van der Waals surface area contributed by atoms with Gasteiger partial charge in [0.05, 0.1) is 18.2 Å². The monoisotopic (exact) mass is 393 g/mol. The second kappa shape index (κ2) is 9.50. The molecule has 3 rings (SSSR count). The van der Waals surface area contributed by atoms with Crippen LogP contribution in [0.25, 0.3) is 0 Å². The van der Waals surface area contributed by atoms with Gasteiger partial charge in [-0.05, 0) is 47.5 Å². The minimum atomic E-state index is -0.409. The first-order chi connectivity index (χ1) is 14.1. The van der Waals surface area contributed by atoms with Crippen molar-refractivity contribution in [2.75, 3.05) is 7.11 Å². The Hall–Kier alpha value is -3.67. The van der Waals surface area contributed by atoms with E-state index in [1.54, 1.807) is 60.7 Å². The quantitative estimate of drug-likeness (QED) is 0.614. The molecule has 1 N–H and O–H groups in total. The third-order valence-corrected chi connectivity index (χ3v) is 4.27. The van der Waals surface area contributed by atoms with Crippen LogP contribution in [0.2, 0.25) is 0 Å². The number of carbonyl (C=O) groups excluding carboxylic acids is 2. The van der Waals surface area contributed by atoms with Crippen molar-refractivity contribution in [2.24, 2.45) is 0 Å². The molecule has 6 heteroatoms. The third kappa shape index (κ3) is 5.42. The van der Waals surface area contributed by atoms with Crippen LogP contribution in [0.5, 0.6) is 5.75 Å². The van der Waals surface area contributed by atoms with E-state index in [0.717, 1.165) is 11.1 Å². The topological polar surface area (TPSA) is 64.6 Å². The van der Waals surface area contributed by atoms with Crippen LogP contribution >= 0.6 is 0 Å². The van der Waals surface area contributed by atoms with Crippen molar-refractivity contribution in [1.29, 1.82) is 0 Å². The van der Waals surface area contributed by atoms with Crippen molar-refractivity contribution in [3.05, 3.63) is 101 Å². The number of methoxy groups -OCH3 is 1. The molecule has 0 aliphatic heterocycles. The van der Waals surface area contributed by atoms with Crippen molar-refractivity contribution in [2.45, 2.75) is 13.2 Å². The van der Waals surface area contributed by atoms with Gasteiger partial charge in [-0.2, -0.15) is 0 Å². The Morgan fingerprint density at radius 3 is 2.24 bits per heavy atom. The van der Waals surface area contributed by atoms with Gasteiger partial charge in [0, 0.05) is 6.54 Å². The van der Waals surface area contributed by atoms with Crippen molar-refractivity contribution < 1.29 is 23.5 Å². The van der Waals surface area contributed by atoms with Crippen LogP contribution in [0, 0.1) is 5.82 Å². The first-order valence-corrected chi connectivity index (χ1v) is 8.98. The van der Waals surface area contributed by atoms with Crippen LogP contribution in [0.15, 0.2) is 72.8 Å². The van der Waals surface area contributed by atoms with Gasteiger partial charge in [-0.25, -0.2) is 9.18 Å². The van der Waals surface area contributed by atoms with E-state index in [1.807, 2.05) is 0 Å². The van der Waals surface area contributed by atoms with Crippen LogP contribution < -0.4 is 10.1 Å². The predicted octanol–water partition coefficient (Wildman–Crippen LogP) is 4.12. The fourth-order valence-electron chi connectivity index (χ4n) is 2.68. The molecule has 0 radical (unpaired) electrons. The predicted molar refractivity (Wildman–Crippen MR) is 106 cm³/mol. The molecule has 0 heterocycles. The summed E-state index contributed by atoms with van der Waals surface area (Å²) in [5, 5.41) is 2.84. The second-order valence-corrected chi connectivity index (χ2v) is 6.28. The number of carbonyl (C=O) groups is 2. The number of halogens is 1. The summed E-state index contributed by atoms with van der Waals surface area (Å²) in [4.78, 5) is 24.1. The molecule has 29 heavy (non-hydrogen) atoms. The Kier molecular flexibility index (Phi) is 6.58. The van der Waals surface area contributed by atoms with Gasteiger partial charge in [-0.1, -0.05) is 36.4 Å². The van der Waals surface area contributed by atoms with E-state index < -0.39 is 5.97 Å². The molecule has 0 aromatic heterocycles. The van der Waals surface area contributed by atoms with E-state index >= 15 is 0 Å². The maximum atomic E-state index is 13.0. The van der Waals surface area contributed by atoms with Gasteiger partial charge in [-0.15, -0.1) is 0 Å². The molecule has 0 saturated carbocycles. The normalized spacial score (nSPS) is 10.3. The van der Waals surface area contributed by atoms with Crippen molar-refractivity contribution >= 4 is 11.9 Å². The maximum absolute atomic E-state index is 13.0. The molecule has 0 aliphatic rings. The lowest BCUT2D eigenvalue weighted by molar-refractivity contribution is 0.0600. The highest BCUT2D eigenvalue weighted by Crippen LogP contribution is 2.20. The number of para-hydroxylation sites is 1. The van der Waals surface area contributed by atoms with E-state index in [1.165, 1.54) is 19.2 Å². The van der Waals surface area contributed by atoms with E-state index in [9.17, 15) is 14.0 Å². The van der Waals surface area contributed by atoms with Crippen molar-refractivity contribution in [1.82, 2.24) is 5.32 Å². The average molecular weight is 393 g/mol. The van der Waals surface area contributed by atoms with Gasteiger partial charge in [-0.3, -0.25) is 4.79 Å². The Labute approximate surface area is 168 Å². The van der Waals surface area contributed by atoms with Crippen molar-refractivity contribution in [3.8, 4) is 5.75 Å². The lowest BCUT2D eigenvalue weighted by Gasteiger charge is -2.12. The number of ether oxygens (including phenoxy) is 2. The number of hydrogen-bond donors (Lipinski definition) is 1. The molecule has 0 saturated heterocycles. The zero-order valence-corrected chi connectivity index (χ0v) is 15.9. The largest absolute Gasteiger partial charge is 0.488 e. The van der Waals surface area contributed by atoms with Crippen LogP contribution in [0.3, 0.4) is 0 Å². The summed E-state index contributed by atoms with van der Waals surface area (Å²) in [7, 11) is 1.33. The minimum absolute atomic E-state index is 0.222. The molecule has 1 amide bonds. The molecule has 148 valence electrons. The van der Waals surface area contributed by atoms with Crippen LogP contribution in [-0.2, 0) is 17.9 Å². The molecule has 3 aromatic rings. The Morgan fingerprint density at radius 2 is 1.55 bits per heavy atom. The van der Waals surface area contributed by atoms with Crippen molar-refractivity contribution in [3.63, 3.8) is 0 Å². The first-order valence-electron chi connectivity index (χ1n) is 8.98. The average Bonchev–Trinajstić information content (AvgIpc) is 2.77. The van der Waals surface area contributed by atoms with Gasteiger partial charge in [0.2, 0.25) is 0 Å². The lowest BCUT2D eigenvalue weighted by Crippen LogP contribution is -2.23. The van der Waals surface area contributed by atoms with Gasteiger partial charge in [0.15, 0.2) is 0 Å². The number of nitrogens with one attached hydrogen (secondary N) is 1. The molecule has 0 aliphatic carbocycles. The molecule has 5 nitrogen and oxygen atoms in total. The van der Waals surface area contributed by atoms with Gasteiger partial charge in [0.25, 0.3) is 5.91 Å². The van der Waals surface area contributed by atoms with Crippen LogP contribution in [0.4, 0.5) is 4.39 Å². The molecule has 0 spiro atoms. The van der Waals surface area contributed by atoms with E-state index in [2.05, 4.69) is 10.1 Å². The fraction of sp³-hybridized carbons (Fsp3) is 0.130. The molecular weight excluding hydrogens is 373 g/mol. The molecule has 0 unspecified atom stereocenters. The van der Waals surface area contributed by atoms with E-state index in [4.69, 9.17) is 4.74 Å². The minimum Gasteiger partial charge on any atom is -0.488 e. The molecule has 0 fully saturated rings. The summed E-state index contributed by atoms with van der Waals surface area (Å²) in [5.74, 6) is -0.562. The number of benzene rings is 3. The number of esters is 1. The SMILES string of the molecule is COC(=O)c1ccc(CNC(=O)c2ccccc2OCc2ccc(F)cc2)cc1. The van der Waals surface area contributed by atoms with Gasteiger partial charge < -0.3 is 14.8 Å². The molecule has 3 aromatic carbocycles. The second-order valence-electron chi connectivity index (χ2n) is 6.28. The van der Waals surface area contributed by atoms with Gasteiger partial charge >= 0.3 is 5.97 Å². The molecule has 0 atom stereocenters. The smallest absolute Gasteiger partial charge is 0.337 e. The standard InChI is InChI=1S/C23H20FNO4/c1-28-23(27)18-10-6-16(7-11-18)14-25-22(26)20-4-2-3-5-21(20)29-15-17-8-12-19(24)13-9-17/h2-13H,14-15H2,1H3,(H,25,26). The number of amides is 1. The summed E-state index contributed by atoms with van der Waals surface area (Å²) in [6, 6.07) is 19.7. The number of hydrogen-bond acceptors (Lipinski definition) is 4. The molecular formula is C23H20FNO4. The zero-order valence-electron chi connectivity index (χ0n) is 15.9. The summed E-state index contributed by atoms with van der Waals surface area (Å²) in [6.07, 6.45) is 0. The van der Waals surface area contributed by atoms with Crippen LogP contribution in [-0.4, -0.2) is 19.0 Å². The maximum Gasteiger partial charge on any atom is 0.337 e. The Morgan fingerprint density at radius 1 is 0.897 bits per heavy atom. The molecule has 0 bridgehead atoms. The Balaban J connectivity index is 1.62. The summed E-state index contributed by atoms with van der Waals surface area (Å²) in [6.45, 7) is 0.520. The van der Waals surface area contributed by atoms with Gasteiger partial charge in [0.1, 0.15) is 18.2 Å². The highest BCUT2D eigenvalue weighted by Gasteiger charge is 2.12. The zero-order chi connectivity index (χ0) is 20.6. The summed E-state index contributed by atoms with van der Waals surface area (Å²) < 4.78 is 23.4. The highest BCUT2D eigenvalue weighted by molar-refractivity contribution is 5.96. The van der Waals surface area contributed by atoms with E-state index in [0.29, 0.717) is 23.4 Å². The summed E-state index contributed by atoms with van der Waals surface area (Å²) in [5.41, 5.74) is 2.49. The first kappa shape index (κ1) is 20.1. The highest BCUT2D eigenvalue weighted by atomic mass is 19.1. The summed E-state index contributed by atoms with van der Waals surface area (Å²) >= 11 is 0. The van der Waals surface area contributed by atoms with Crippen LogP contribution in [0.1, 0.15) is 31.8 Å². The third-order valence-electron chi connectivity index (χ3n) is 4.27. The Bertz CT molecular complexity index is 985. The van der Waals surface area contributed by atoms with E-state index in [-0.39, 0.29) is 18.3 Å².